The number of nitrogens with zero attached hydrogens (tertiary/aromatic N) is 5. The van der Waals surface area contributed by atoms with Crippen molar-refractivity contribution in [3.63, 3.8) is 0 Å². The number of benzene rings is 2. The molecule has 2 aromatic carbocycles. The summed E-state index contributed by atoms with van der Waals surface area (Å²) >= 11 is 0. The van der Waals surface area contributed by atoms with Gasteiger partial charge in [0, 0.05) is 17.5 Å². The van der Waals surface area contributed by atoms with E-state index in [1.54, 1.807) is 0 Å². The Morgan fingerprint density at radius 3 is 2.55 bits per heavy atom. The lowest BCUT2D eigenvalue weighted by atomic mass is 9.76. The number of fused-ring (bicyclic) bond motifs is 3. The van der Waals surface area contributed by atoms with E-state index in [-0.39, 0.29) is 0 Å². The van der Waals surface area contributed by atoms with Gasteiger partial charge in [0.2, 0.25) is 0 Å². The molecular weight excluding hydrogens is 384 g/mol. The van der Waals surface area contributed by atoms with Crippen LogP contribution in [0.2, 0.25) is 0 Å². The number of H-pyrrole nitrogens is 1. The van der Waals surface area contributed by atoms with Crippen LogP contribution in [0.1, 0.15) is 49.1 Å². The SMILES string of the molecule is Cc1ccc2c(-c3cn(-c4ccc([C@@H]5C[C@H]6CCC[C@@H](C5)N6C)cc4)nn3)n[nH]c2c1. The van der Waals surface area contributed by atoms with Gasteiger partial charge in [-0.2, -0.15) is 5.10 Å². The van der Waals surface area contributed by atoms with Crippen molar-refractivity contribution in [2.45, 2.75) is 57.0 Å². The van der Waals surface area contributed by atoms with Crippen molar-refractivity contribution in [3.05, 3.63) is 59.8 Å². The van der Waals surface area contributed by atoms with Gasteiger partial charge < -0.3 is 4.90 Å². The second kappa shape index (κ2) is 7.31. The first-order chi connectivity index (χ1) is 15.2. The van der Waals surface area contributed by atoms with Gasteiger partial charge in [0.25, 0.3) is 0 Å². The maximum absolute atomic E-state index is 4.48. The lowest BCUT2D eigenvalue weighted by molar-refractivity contribution is 0.0555. The molecule has 2 aromatic heterocycles. The van der Waals surface area contributed by atoms with Crippen LogP contribution in [0.3, 0.4) is 0 Å². The van der Waals surface area contributed by atoms with Gasteiger partial charge in [-0.25, -0.2) is 4.68 Å². The highest BCUT2D eigenvalue weighted by atomic mass is 15.4. The quantitative estimate of drug-likeness (QED) is 0.522. The van der Waals surface area contributed by atoms with Crippen LogP contribution in [-0.4, -0.2) is 49.2 Å². The van der Waals surface area contributed by atoms with Crippen LogP contribution in [-0.2, 0) is 0 Å². The lowest BCUT2D eigenvalue weighted by Gasteiger charge is -2.47. The molecule has 0 unspecified atom stereocenters. The van der Waals surface area contributed by atoms with E-state index in [1.165, 1.54) is 43.2 Å². The molecule has 4 aromatic rings. The van der Waals surface area contributed by atoms with E-state index in [1.807, 2.05) is 10.9 Å². The number of piperidine rings is 2. The predicted octanol–water partition coefficient (Wildman–Crippen LogP) is 4.85. The van der Waals surface area contributed by atoms with E-state index < -0.39 is 0 Å². The van der Waals surface area contributed by atoms with Crippen molar-refractivity contribution >= 4 is 10.9 Å². The minimum atomic E-state index is 0.672. The van der Waals surface area contributed by atoms with Gasteiger partial charge in [-0.3, -0.25) is 5.10 Å². The fourth-order valence-corrected chi connectivity index (χ4v) is 5.61. The van der Waals surface area contributed by atoms with Crippen molar-refractivity contribution in [1.82, 2.24) is 30.1 Å². The molecular formula is C25H28N6. The highest BCUT2D eigenvalue weighted by molar-refractivity contribution is 5.92. The zero-order valence-corrected chi connectivity index (χ0v) is 18.1. The average Bonchev–Trinajstić information content (AvgIpc) is 3.40. The largest absolute Gasteiger partial charge is 0.300 e. The monoisotopic (exact) mass is 412 g/mol. The molecule has 0 saturated carbocycles. The van der Waals surface area contributed by atoms with Crippen LogP contribution in [0.25, 0.3) is 28.0 Å². The van der Waals surface area contributed by atoms with Gasteiger partial charge in [0.05, 0.1) is 17.4 Å². The molecule has 1 N–H and O–H groups in total. The van der Waals surface area contributed by atoms with Crippen LogP contribution in [0.4, 0.5) is 0 Å². The van der Waals surface area contributed by atoms with E-state index in [0.717, 1.165) is 40.1 Å². The number of rotatable bonds is 3. The molecule has 2 saturated heterocycles. The predicted molar refractivity (Wildman–Crippen MR) is 122 cm³/mol. The minimum Gasteiger partial charge on any atom is -0.300 e. The Balaban J connectivity index is 1.24. The zero-order chi connectivity index (χ0) is 20.9. The summed E-state index contributed by atoms with van der Waals surface area (Å²) in [5.74, 6) is 0.672. The first-order valence-electron chi connectivity index (χ1n) is 11.4. The van der Waals surface area contributed by atoms with Crippen LogP contribution < -0.4 is 0 Å². The molecule has 0 amide bonds. The highest BCUT2D eigenvalue weighted by Crippen LogP contribution is 2.40. The van der Waals surface area contributed by atoms with Crippen molar-refractivity contribution in [2.75, 3.05) is 7.05 Å². The van der Waals surface area contributed by atoms with E-state index >= 15 is 0 Å². The third-order valence-electron chi connectivity index (χ3n) is 7.42. The molecule has 0 aliphatic carbocycles. The normalized spacial score (nSPS) is 24.0. The molecule has 6 heteroatoms. The van der Waals surface area contributed by atoms with Gasteiger partial charge in [-0.05, 0) is 74.9 Å². The first-order valence-corrected chi connectivity index (χ1v) is 11.4. The number of aromatic nitrogens is 5. The van der Waals surface area contributed by atoms with Crippen LogP contribution in [0.15, 0.2) is 48.7 Å². The molecule has 31 heavy (non-hydrogen) atoms. The molecule has 0 radical (unpaired) electrons. The average molecular weight is 413 g/mol. The van der Waals surface area contributed by atoms with E-state index in [2.05, 4.69) is 81.8 Å². The third kappa shape index (κ3) is 3.26. The van der Waals surface area contributed by atoms with Gasteiger partial charge in [0.1, 0.15) is 11.4 Å². The molecule has 6 nitrogen and oxygen atoms in total. The number of hydrogen-bond acceptors (Lipinski definition) is 4. The van der Waals surface area contributed by atoms with Crippen molar-refractivity contribution in [1.29, 1.82) is 0 Å². The molecule has 4 heterocycles. The van der Waals surface area contributed by atoms with Gasteiger partial charge in [-0.15, -0.1) is 5.10 Å². The summed E-state index contributed by atoms with van der Waals surface area (Å²) in [6.07, 6.45) is 8.63. The molecule has 6 rings (SSSR count). The van der Waals surface area contributed by atoms with E-state index in [9.17, 15) is 0 Å². The minimum absolute atomic E-state index is 0.672. The molecule has 3 atom stereocenters. The molecule has 2 fully saturated rings. The van der Waals surface area contributed by atoms with Gasteiger partial charge in [-0.1, -0.05) is 35.9 Å². The van der Waals surface area contributed by atoms with Crippen LogP contribution in [0.5, 0.6) is 0 Å². The Morgan fingerprint density at radius 1 is 1.00 bits per heavy atom. The van der Waals surface area contributed by atoms with E-state index in [0.29, 0.717) is 5.92 Å². The standard InChI is InChI=1S/C25H28N6/c1-16-6-11-22-23(12-16)26-28-25(22)24-15-31(29-27-24)19-9-7-17(8-10-19)18-13-20-4-3-5-21(14-18)30(20)2/h6-12,15,18,20-21H,3-5,13-14H2,1-2H3,(H,26,28)/t18-,20-,21+. The van der Waals surface area contributed by atoms with Crippen LogP contribution in [0, 0.1) is 6.92 Å². The number of hydrogen-bond donors (Lipinski definition) is 1. The smallest absolute Gasteiger partial charge is 0.134 e. The summed E-state index contributed by atoms with van der Waals surface area (Å²) in [7, 11) is 2.32. The maximum atomic E-state index is 4.48. The molecule has 2 aliphatic heterocycles. The van der Waals surface area contributed by atoms with Gasteiger partial charge >= 0.3 is 0 Å². The topological polar surface area (TPSA) is 62.6 Å². The lowest BCUT2D eigenvalue weighted by Crippen LogP contribution is -2.49. The first kappa shape index (κ1) is 18.8. The highest BCUT2D eigenvalue weighted by Gasteiger charge is 2.36. The third-order valence-corrected chi connectivity index (χ3v) is 7.42. The summed E-state index contributed by atoms with van der Waals surface area (Å²) in [4.78, 5) is 2.63. The fourth-order valence-electron chi connectivity index (χ4n) is 5.61. The Morgan fingerprint density at radius 2 is 1.77 bits per heavy atom. The van der Waals surface area contributed by atoms with Crippen LogP contribution >= 0.6 is 0 Å². The Hall–Kier alpha value is -2.99. The Labute approximate surface area is 182 Å². The second-order valence-electron chi connectivity index (χ2n) is 9.33. The summed E-state index contributed by atoms with van der Waals surface area (Å²) in [6, 6.07) is 16.7. The maximum Gasteiger partial charge on any atom is 0.134 e. The van der Waals surface area contributed by atoms with Gasteiger partial charge in [0.15, 0.2) is 0 Å². The zero-order valence-electron chi connectivity index (χ0n) is 18.1. The number of nitrogens with one attached hydrogen (secondary N) is 1. The Bertz CT molecular complexity index is 1210. The van der Waals surface area contributed by atoms with Crippen molar-refractivity contribution < 1.29 is 0 Å². The molecule has 2 bridgehead atoms. The van der Waals surface area contributed by atoms with Crippen molar-refractivity contribution in [2.24, 2.45) is 0 Å². The summed E-state index contributed by atoms with van der Waals surface area (Å²) < 4.78 is 1.84. The fraction of sp³-hybridized carbons (Fsp3) is 0.400. The second-order valence-corrected chi connectivity index (χ2v) is 9.33. The Kier molecular flexibility index (Phi) is 4.42. The summed E-state index contributed by atoms with van der Waals surface area (Å²) in [6.45, 7) is 2.08. The number of aromatic amines is 1. The molecule has 2 aliphatic rings. The molecule has 0 spiro atoms. The van der Waals surface area contributed by atoms with Crippen molar-refractivity contribution in [3.8, 4) is 17.1 Å². The summed E-state index contributed by atoms with van der Waals surface area (Å²) in [5.41, 5.74) is 6.35. The van der Waals surface area contributed by atoms with E-state index in [4.69, 9.17) is 0 Å². The number of aryl methyl sites for hydroxylation is 1. The molecule has 158 valence electrons. The summed E-state index contributed by atoms with van der Waals surface area (Å²) in [5, 5.41) is 17.4.